The van der Waals surface area contributed by atoms with Crippen LogP contribution in [-0.2, 0) is 4.74 Å². The fraction of sp³-hybridized carbons (Fsp3) is 0.303. The highest BCUT2D eigenvalue weighted by Crippen LogP contribution is 2.40. The van der Waals surface area contributed by atoms with Crippen LogP contribution < -0.4 is 10.2 Å². The Kier molecular flexibility index (Phi) is 7.97. The summed E-state index contributed by atoms with van der Waals surface area (Å²) in [6, 6.07) is 14.1. The van der Waals surface area contributed by atoms with Gasteiger partial charge in [-0.3, -0.25) is 9.78 Å². The first-order chi connectivity index (χ1) is 19.9. The van der Waals surface area contributed by atoms with Gasteiger partial charge in [0.25, 0.3) is 0 Å². The molecule has 0 saturated carbocycles. The maximum Gasteiger partial charge on any atom is 0.407 e. The van der Waals surface area contributed by atoms with E-state index in [2.05, 4.69) is 10.3 Å². The largest absolute Gasteiger partial charge is 0.444 e. The number of rotatable bonds is 5. The third kappa shape index (κ3) is 6.11. The Morgan fingerprint density at radius 3 is 2.57 bits per heavy atom. The number of β-amino-alcohol motifs (C(OH)–C–C–N with tert-alkyl or cyclic N) is 1. The van der Waals surface area contributed by atoms with Crippen LogP contribution in [0, 0.1) is 18.6 Å². The summed E-state index contributed by atoms with van der Waals surface area (Å²) in [5, 5.41) is 14.6. The van der Waals surface area contributed by atoms with Gasteiger partial charge < -0.3 is 20.1 Å². The number of aliphatic hydroxyl groups excluding tert-OH is 1. The van der Waals surface area contributed by atoms with Gasteiger partial charge in [-0.25, -0.2) is 13.6 Å². The van der Waals surface area contributed by atoms with Gasteiger partial charge in [0.15, 0.2) is 6.29 Å². The van der Waals surface area contributed by atoms with Crippen molar-refractivity contribution in [2.75, 3.05) is 18.0 Å². The molecule has 1 aliphatic heterocycles. The van der Waals surface area contributed by atoms with Crippen LogP contribution in [0.2, 0.25) is 0 Å². The summed E-state index contributed by atoms with van der Waals surface area (Å²) < 4.78 is 34.4. The Hall–Kier alpha value is -4.37. The Morgan fingerprint density at radius 2 is 1.88 bits per heavy atom. The van der Waals surface area contributed by atoms with E-state index in [1.165, 1.54) is 18.2 Å². The van der Waals surface area contributed by atoms with Crippen LogP contribution in [0.5, 0.6) is 0 Å². The molecule has 42 heavy (non-hydrogen) atoms. The molecule has 1 aromatic heterocycles. The summed E-state index contributed by atoms with van der Waals surface area (Å²) in [4.78, 5) is 30.8. The molecule has 2 N–H and O–H groups in total. The zero-order valence-electron chi connectivity index (χ0n) is 23.9. The van der Waals surface area contributed by atoms with E-state index in [9.17, 15) is 23.5 Å². The van der Waals surface area contributed by atoms with Gasteiger partial charge in [0.2, 0.25) is 0 Å². The maximum absolute atomic E-state index is 14.6. The number of carbonyl (C=O) groups is 2. The summed E-state index contributed by atoms with van der Waals surface area (Å²) in [5.41, 5.74) is 3.68. The second-order valence-electron chi connectivity index (χ2n) is 11.6. The first kappa shape index (κ1) is 29.1. The summed E-state index contributed by atoms with van der Waals surface area (Å²) in [6.07, 6.45) is 1.08. The number of aldehydes is 1. The highest BCUT2D eigenvalue weighted by Gasteiger charge is 2.32. The number of carbonyl (C=O) groups excluding carboxylic acids is 2. The van der Waals surface area contributed by atoms with Crippen LogP contribution >= 0.6 is 0 Å². The van der Waals surface area contributed by atoms with E-state index in [1.54, 1.807) is 58.2 Å². The quantitative estimate of drug-likeness (QED) is 0.267. The normalized spacial score (nSPS) is 17.3. The second-order valence-corrected chi connectivity index (χ2v) is 11.6. The minimum absolute atomic E-state index is 0.0484. The van der Waals surface area contributed by atoms with Crippen LogP contribution in [0.1, 0.15) is 43.1 Å². The number of halogens is 2. The number of fused-ring (bicyclic) bond motifs is 1. The van der Waals surface area contributed by atoms with Crippen molar-refractivity contribution in [3.05, 3.63) is 83.6 Å². The van der Waals surface area contributed by atoms with E-state index in [1.807, 2.05) is 17.0 Å². The van der Waals surface area contributed by atoms with E-state index in [0.717, 1.165) is 5.56 Å². The van der Waals surface area contributed by atoms with E-state index >= 15 is 0 Å². The number of hydrogen-bond acceptors (Lipinski definition) is 6. The predicted octanol–water partition coefficient (Wildman–Crippen LogP) is 6.43. The zero-order valence-corrected chi connectivity index (χ0v) is 23.9. The highest BCUT2D eigenvalue weighted by molar-refractivity contribution is 6.02. The fourth-order valence-corrected chi connectivity index (χ4v) is 5.46. The molecule has 9 heteroatoms. The number of benzene rings is 3. The number of amides is 1. The number of alkyl carbamates (subject to hydrolysis) is 1. The molecule has 1 fully saturated rings. The topological polar surface area (TPSA) is 91.8 Å². The highest BCUT2D eigenvalue weighted by atomic mass is 19.1. The molecule has 2 atom stereocenters. The maximum atomic E-state index is 14.6. The summed E-state index contributed by atoms with van der Waals surface area (Å²) in [5.74, 6) is -1.01. The number of piperidine rings is 1. The number of aromatic nitrogens is 1. The third-order valence-corrected chi connectivity index (χ3v) is 7.27. The van der Waals surface area contributed by atoms with Gasteiger partial charge in [-0.2, -0.15) is 0 Å². The Labute approximate surface area is 243 Å². The molecular formula is C33H33F2N3O4. The molecule has 5 rings (SSSR count). The van der Waals surface area contributed by atoms with Crippen molar-refractivity contribution in [3.8, 4) is 22.3 Å². The van der Waals surface area contributed by atoms with Crippen molar-refractivity contribution in [2.24, 2.45) is 0 Å². The Balaban J connectivity index is 1.61. The van der Waals surface area contributed by atoms with Crippen molar-refractivity contribution in [1.82, 2.24) is 10.3 Å². The van der Waals surface area contributed by atoms with Crippen LogP contribution in [-0.4, -0.2) is 53.3 Å². The molecule has 0 unspecified atom stereocenters. The zero-order chi connectivity index (χ0) is 30.2. The molecule has 218 valence electrons. The van der Waals surface area contributed by atoms with Gasteiger partial charge in [-0.05, 0) is 86.7 Å². The van der Waals surface area contributed by atoms with Gasteiger partial charge in [0.1, 0.15) is 17.2 Å². The van der Waals surface area contributed by atoms with E-state index in [-0.39, 0.29) is 17.9 Å². The summed E-state index contributed by atoms with van der Waals surface area (Å²) in [7, 11) is 0. The lowest BCUT2D eigenvalue weighted by Gasteiger charge is -2.39. The van der Waals surface area contributed by atoms with Crippen LogP contribution in [0.3, 0.4) is 0 Å². The van der Waals surface area contributed by atoms with E-state index in [4.69, 9.17) is 4.74 Å². The standard InChI is InChI=1S/C33H33F2N3O4/c1-19-12-21(14-22(34)13-19)25-16-36-28-9-8-20(23-6-5-7-27(35)26(23)18-39)15-24(28)31(25)38-11-10-29(30(40)17-38)37-32(41)42-33(2,3)4/h5-9,12-16,18,29-30,40H,10-11,17H2,1-4H3,(H,37,41)/t29-,30+/m0/s1. The number of pyridine rings is 1. The van der Waals surface area contributed by atoms with Crippen LogP contribution in [0.25, 0.3) is 33.2 Å². The number of ether oxygens (including phenoxy) is 1. The molecule has 0 aliphatic carbocycles. The molecule has 0 radical (unpaired) electrons. The van der Waals surface area contributed by atoms with E-state index in [0.29, 0.717) is 58.1 Å². The lowest BCUT2D eigenvalue weighted by atomic mass is 9.94. The van der Waals surface area contributed by atoms with Crippen LogP contribution in [0.15, 0.2) is 60.8 Å². The Morgan fingerprint density at radius 1 is 1.10 bits per heavy atom. The van der Waals surface area contributed by atoms with E-state index < -0.39 is 29.7 Å². The van der Waals surface area contributed by atoms with Crippen molar-refractivity contribution in [1.29, 1.82) is 0 Å². The van der Waals surface area contributed by atoms with Crippen LogP contribution in [0.4, 0.5) is 19.3 Å². The minimum atomic E-state index is -0.926. The van der Waals surface area contributed by atoms with Gasteiger partial charge in [0.05, 0.1) is 28.9 Å². The minimum Gasteiger partial charge on any atom is -0.444 e. The third-order valence-electron chi connectivity index (χ3n) is 7.27. The second kappa shape index (κ2) is 11.5. The molecule has 1 aliphatic rings. The number of aryl methyl sites for hydroxylation is 1. The Bertz CT molecular complexity index is 1650. The number of aliphatic hydroxyl groups is 1. The number of nitrogens with zero attached hydrogens (tertiary/aromatic N) is 2. The first-order valence-corrected chi connectivity index (χ1v) is 13.8. The van der Waals surface area contributed by atoms with Crippen molar-refractivity contribution in [2.45, 2.75) is 51.9 Å². The lowest BCUT2D eigenvalue weighted by molar-refractivity contribution is 0.0402. The van der Waals surface area contributed by atoms with Crippen molar-refractivity contribution < 1.29 is 28.2 Å². The smallest absolute Gasteiger partial charge is 0.407 e. The van der Waals surface area contributed by atoms with Gasteiger partial charge in [0, 0.05) is 30.2 Å². The average molecular weight is 574 g/mol. The molecule has 3 aromatic carbocycles. The molecule has 0 bridgehead atoms. The molecule has 4 aromatic rings. The summed E-state index contributed by atoms with van der Waals surface area (Å²) >= 11 is 0. The molecule has 7 nitrogen and oxygen atoms in total. The molecule has 0 spiro atoms. The summed E-state index contributed by atoms with van der Waals surface area (Å²) in [6.45, 7) is 7.75. The number of hydrogen-bond donors (Lipinski definition) is 2. The SMILES string of the molecule is Cc1cc(F)cc(-c2cnc3ccc(-c4cccc(F)c4C=O)cc3c2N2CC[C@H](NC(=O)OC(C)(C)C)[C@H](O)C2)c1. The molecule has 1 saturated heterocycles. The number of anilines is 1. The molecule has 2 heterocycles. The fourth-order valence-electron chi connectivity index (χ4n) is 5.46. The van der Waals surface area contributed by atoms with Gasteiger partial charge in [-0.1, -0.05) is 24.3 Å². The van der Waals surface area contributed by atoms with Crippen molar-refractivity contribution in [3.63, 3.8) is 0 Å². The predicted molar refractivity (Wildman–Crippen MR) is 159 cm³/mol. The van der Waals surface area contributed by atoms with Gasteiger partial charge in [-0.15, -0.1) is 0 Å². The number of nitrogens with one attached hydrogen (secondary N) is 1. The average Bonchev–Trinajstić information content (AvgIpc) is 2.91. The monoisotopic (exact) mass is 573 g/mol. The lowest BCUT2D eigenvalue weighted by Crippen LogP contribution is -2.55. The molecule has 1 amide bonds. The van der Waals surface area contributed by atoms with Crippen molar-refractivity contribution >= 4 is 29.0 Å². The van der Waals surface area contributed by atoms with Gasteiger partial charge >= 0.3 is 6.09 Å². The first-order valence-electron chi connectivity index (χ1n) is 13.8. The molecular weight excluding hydrogens is 540 g/mol.